The van der Waals surface area contributed by atoms with Crippen molar-refractivity contribution in [2.75, 3.05) is 12.3 Å². The summed E-state index contributed by atoms with van der Waals surface area (Å²) in [6.45, 7) is 3.20. The van der Waals surface area contributed by atoms with E-state index in [2.05, 4.69) is 32.8 Å². The number of anilines is 1. The number of rotatable bonds is 4. The lowest BCUT2D eigenvalue weighted by molar-refractivity contribution is 0.116. The summed E-state index contributed by atoms with van der Waals surface area (Å²) in [5, 5.41) is 0. The molecule has 1 aromatic rings. The maximum Gasteiger partial charge on any atom is 0.156 e. The molecule has 0 bridgehead atoms. The molecule has 72 valence electrons. The van der Waals surface area contributed by atoms with Crippen LogP contribution in [0, 0.1) is 0 Å². The van der Waals surface area contributed by atoms with Crippen LogP contribution in [0.1, 0.15) is 19.2 Å². The molecule has 0 aliphatic carbocycles. The lowest BCUT2D eigenvalue weighted by Gasteiger charge is -2.02. The quantitative estimate of drug-likeness (QED) is 0.822. The molecule has 5 heteroatoms. The number of ether oxygens (including phenoxy) is 1. The molecule has 0 aliphatic heterocycles. The molecule has 0 radical (unpaired) electrons. The zero-order valence-corrected chi connectivity index (χ0v) is 9.04. The Labute approximate surface area is 85.7 Å². The van der Waals surface area contributed by atoms with E-state index in [0.717, 1.165) is 13.0 Å². The predicted molar refractivity (Wildman–Crippen MR) is 54.1 cm³/mol. The van der Waals surface area contributed by atoms with Gasteiger partial charge in [0.25, 0.3) is 0 Å². The van der Waals surface area contributed by atoms with Crippen molar-refractivity contribution < 1.29 is 4.74 Å². The highest BCUT2D eigenvalue weighted by molar-refractivity contribution is 9.10. The summed E-state index contributed by atoms with van der Waals surface area (Å²) in [5.41, 5.74) is 5.57. The van der Waals surface area contributed by atoms with Gasteiger partial charge in [0, 0.05) is 12.8 Å². The normalized spacial score (nSPS) is 10.3. The molecule has 0 atom stereocenters. The molecular formula is C8H12BrN3O. The van der Waals surface area contributed by atoms with E-state index in [-0.39, 0.29) is 0 Å². The predicted octanol–water partition coefficient (Wildman–Crippen LogP) is 1.75. The van der Waals surface area contributed by atoms with E-state index in [9.17, 15) is 0 Å². The summed E-state index contributed by atoms with van der Waals surface area (Å²) in [4.78, 5) is 8.09. The Morgan fingerprint density at radius 1 is 1.62 bits per heavy atom. The molecule has 0 fully saturated rings. The average molecular weight is 246 g/mol. The minimum absolute atomic E-state index is 0.422. The van der Waals surface area contributed by atoms with E-state index < -0.39 is 0 Å². The van der Waals surface area contributed by atoms with Gasteiger partial charge in [-0.25, -0.2) is 9.97 Å². The molecule has 2 N–H and O–H groups in total. The van der Waals surface area contributed by atoms with Gasteiger partial charge in [-0.15, -0.1) is 0 Å². The van der Waals surface area contributed by atoms with Crippen molar-refractivity contribution in [1.82, 2.24) is 9.97 Å². The first-order chi connectivity index (χ1) is 6.24. The van der Waals surface area contributed by atoms with Gasteiger partial charge < -0.3 is 10.5 Å². The highest BCUT2D eigenvalue weighted by Crippen LogP contribution is 2.14. The number of nitrogens with zero attached hydrogens (tertiary/aromatic N) is 2. The minimum atomic E-state index is 0.422. The molecule has 0 saturated carbocycles. The van der Waals surface area contributed by atoms with E-state index in [0.29, 0.717) is 22.7 Å². The standard InChI is InChI=1S/C8H12BrN3O/c1-2-3-13-5-7-11-4-6(9)8(10)12-7/h4H,2-3,5H2,1H3,(H2,10,11,12). The fraction of sp³-hybridized carbons (Fsp3) is 0.500. The van der Waals surface area contributed by atoms with Crippen LogP contribution in [0.25, 0.3) is 0 Å². The molecule has 0 saturated heterocycles. The van der Waals surface area contributed by atoms with E-state index in [4.69, 9.17) is 10.5 Å². The molecule has 0 amide bonds. The van der Waals surface area contributed by atoms with Crippen molar-refractivity contribution in [2.45, 2.75) is 20.0 Å². The Morgan fingerprint density at radius 2 is 2.38 bits per heavy atom. The number of nitrogens with two attached hydrogens (primary N) is 1. The van der Waals surface area contributed by atoms with Crippen molar-refractivity contribution >= 4 is 21.7 Å². The Kier molecular flexibility index (Phi) is 4.11. The second-order valence-corrected chi connectivity index (χ2v) is 3.43. The van der Waals surface area contributed by atoms with Crippen molar-refractivity contribution in [3.05, 3.63) is 16.5 Å². The molecule has 0 aliphatic rings. The van der Waals surface area contributed by atoms with Gasteiger partial charge >= 0.3 is 0 Å². The fourth-order valence-corrected chi connectivity index (χ4v) is 0.987. The average Bonchev–Trinajstić information content (AvgIpc) is 2.12. The van der Waals surface area contributed by atoms with Crippen molar-refractivity contribution in [3.63, 3.8) is 0 Å². The van der Waals surface area contributed by atoms with E-state index in [1.807, 2.05) is 0 Å². The first-order valence-electron chi connectivity index (χ1n) is 4.08. The van der Waals surface area contributed by atoms with Crippen molar-refractivity contribution in [2.24, 2.45) is 0 Å². The van der Waals surface area contributed by atoms with E-state index in [1.165, 1.54) is 0 Å². The molecule has 1 rings (SSSR count). The van der Waals surface area contributed by atoms with Crippen molar-refractivity contribution in [1.29, 1.82) is 0 Å². The molecular weight excluding hydrogens is 234 g/mol. The number of hydrogen-bond donors (Lipinski definition) is 1. The van der Waals surface area contributed by atoms with Gasteiger partial charge in [-0.05, 0) is 22.4 Å². The minimum Gasteiger partial charge on any atom is -0.383 e. The van der Waals surface area contributed by atoms with Gasteiger partial charge in [0.05, 0.1) is 4.47 Å². The summed E-state index contributed by atoms with van der Waals surface area (Å²) in [6.07, 6.45) is 2.62. The number of aromatic nitrogens is 2. The maximum absolute atomic E-state index is 5.57. The third-order valence-corrected chi connectivity index (χ3v) is 2.01. The molecule has 0 spiro atoms. The highest BCUT2D eigenvalue weighted by Gasteiger charge is 2.00. The van der Waals surface area contributed by atoms with Crippen LogP contribution in [0.4, 0.5) is 5.82 Å². The van der Waals surface area contributed by atoms with Crippen LogP contribution in [0.3, 0.4) is 0 Å². The lowest BCUT2D eigenvalue weighted by Crippen LogP contribution is -2.02. The van der Waals surface area contributed by atoms with E-state index >= 15 is 0 Å². The highest BCUT2D eigenvalue weighted by atomic mass is 79.9. The Bertz CT molecular complexity index is 280. The van der Waals surface area contributed by atoms with Crippen LogP contribution in [-0.2, 0) is 11.3 Å². The number of halogens is 1. The number of hydrogen-bond acceptors (Lipinski definition) is 4. The smallest absolute Gasteiger partial charge is 0.156 e. The van der Waals surface area contributed by atoms with Crippen LogP contribution in [-0.4, -0.2) is 16.6 Å². The molecule has 0 aromatic carbocycles. The summed E-state index contributed by atoms with van der Waals surface area (Å²) in [7, 11) is 0. The zero-order valence-electron chi connectivity index (χ0n) is 7.46. The van der Waals surface area contributed by atoms with Crippen LogP contribution in [0.5, 0.6) is 0 Å². The summed E-state index contributed by atoms with van der Waals surface area (Å²) in [6, 6.07) is 0. The van der Waals surface area contributed by atoms with Gasteiger partial charge in [0.15, 0.2) is 5.82 Å². The topological polar surface area (TPSA) is 61.0 Å². The SMILES string of the molecule is CCCOCc1ncc(Br)c(N)n1. The summed E-state index contributed by atoms with van der Waals surface area (Å²) in [5.74, 6) is 1.07. The molecule has 0 unspecified atom stereocenters. The maximum atomic E-state index is 5.57. The lowest BCUT2D eigenvalue weighted by atomic mass is 10.5. The van der Waals surface area contributed by atoms with Gasteiger partial charge in [-0.1, -0.05) is 6.92 Å². The Morgan fingerprint density at radius 3 is 3.00 bits per heavy atom. The van der Waals surface area contributed by atoms with Gasteiger partial charge in [-0.2, -0.15) is 0 Å². The van der Waals surface area contributed by atoms with Crippen LogP contribution >= 0.6 is 15.9 Å². The van der Waals surface area contributed by atoms with Crippen molar-refractivity contribution in [3.8, 4) is 0 Å². The third-order valence-electron chi connectivity index (χ3n) is 1.40. The molecule has 4 nitrogen and oxygen atoms in total. The summed E-state index contributed by atoms with van der Waals surface area (Å²) >= 11 is 3.22. The Hall–Kier alpha value is -0.680. The largest absolute Gasteiger partial charge is 0.383 e. The van der Waals surface area contributed by atoms with Crippen LogP contribution in [0.15, 0.2) is 10.7 Å². The van der Waals surface area contributed by atoms with Gasteiger partial charge in [0.1, 0.15) is 12.4 Å². The van der Waals surface area contributed by atoms with E-state index in [1.54, 1.807) is 6.20 Å². The van der Waals surface area contributed by atoms with Gasteiger partial charge in [-0.3, -0.25) is 0 Å². The van der Waals surface area contributed by atoms with Crippen LogP contribution in [0.2, 0.25) is 0 Å². The van der Waals surface area contributed by atoms with Gasteiger partial charge in [0.2, 0.25) is 0 Å². The second-order valence-electron chi connectivity index (χ2n) is 2.57. The molecule has 1 heterocycles. The monoisotopic (exact) mass is 245 g/mol. The number of nitrogen functional groups attached to an aromatic ring is 1. The Balaban J connectivity index is 2.53. The fourth-order valence-electron chi connectivity index (χ4n) is 0.796. The zero-order chi connectivity index (χ0) is 9.68. The second kappa shape index (κ2) is 5.14. The summed E-state index contributed by atoms with van der Waals surface area (Å²) < 4.78 is 5.98. The molecule has 13 heavy (non-hydrogen) atoms. The molecule has 1 aromatic heterocycles. The first-order valence-corrected chi connectivity index (χ1v) is 4.88. The van der Waals surface area contributed by atoms with Crippen LogP contribution < -0.4 is 5.73 Å². The third kappa shape index (κ3) is 3.28. The first kappa shape index (κ1) is 10.4.